The highest BCUT2D eigenvalue weighted by Crippen LogP contribution is 2.27. The molecule has 20 heavy (non-hydrogen) atoms. The molecule has 0 amide bonds. The molecule has 0 N–H and O–H groups in total. The minimum absolute atomic E-state index is 0.0889. The van der Waals surface area contributed by atoms with Gasteiger partial charge in [-0.25, -0.2) is 4.98 Å². The molecule has 110 valence electrons. The second-order valence-corrected chi connectivity index (χ2v) is 6.43. The highest BCUT2D eigenvalue weighted by Gasteiger charge is 2.15. The van der Waals surface area contributed by atoms with Gasteiger partial charge in [-0.1, -0.05) is 0 Å². The Morgan fingerprint density at radius 1 is 1.40 bits per heavy atom. The van der Waals surface area contributed by atoms with E-state index in [1.807, 2.05) is 36.9 Å². The van der Waals surface area contributed by atoms with Crippen LogP contribution in [0.5, 0.6) is 5.75 Å². The molecule has 0 aliphatic rings. The smallest absolute Gasteiger partial charge is 0.127 e. The third-order valence-corrected chi connectivity index (χ3v) is 4.21. The van der Waals surface area contributed by atoms with Crippen LogP contribution in [0.2, 0.25) is 0 Å². The SMILES string of the molecule is COc1ccc2nc(C(C)Cl)n(CCCCSC)c2c1. The number of aryl methyl sites for hydroxylation is 1. The van der Waals surface area contributed by atoms with Crippen LogP contribution in [0, 0.1) is 0 Å². The molecule has 2 aromatic rings. The van der Waals surface area contributed by atoms with Gasteiger partial charge in [-0.05, 0) is 43.9 Å². The van der Waals surface area contributed by atoms with Crippen LogP contribution in [0.3, 0.4) is 0 Å². The highest BCUT2D eigenvalue weighted by atomic mass is 35.5. The van der Waals surface area contributed by atoms with Crippen LogP contribution in [0.15, 0.2) is 18.2 Å². The molecule has 0 bridgehead atoms. The molecule has 2 rings (SSSR count). The lowest BCUT2D eigenvalue weighted by molar-refractivity contribution is 0.415. The number of methoxy groups -OCH3 is 1. The maximum Gasteiger partial charge on any atom is 0.127 e. The number of fused-ring (bicyclic) bond motifs is 1. The van der Waals surface area contributed by atoms with Crippen molar-refractivity contribution in [2.45, 2.75) is 31.7 Å². The number of ether oxygens (including phenoxy) is 1. The Balaban J connectivity index is 2.33. The summed E-state index contributed by atoms with van der Waals surface area (Å²) < 4.78 is 7.54. The minimum atomic E-state index is -0.0889. The normalized spacial score (nSPS) is 12.8. The molecule has 1 heterocycles. The Morgan fingerprint density at radius 3 is 2.85 bits per heavy atom. The number of halogens is 1. The number of imidazole rings is 1. The fourth-order valence-electron chi connectivity index (χ4n) is 2.30. The van der Waals surface area contributed by atoms with E-state index in [1.54, 1.807) is 7.11 Å². The van der Waals surface area contributed by atoms with Crippen molar-refractivity contribution in [3.05, 3.63) is 24.0 Å². The molecule has 0 fully saturated rings. The van der Waals surface area contributed by atoms with E-state index in [-0.39, 0.29) is 5.38 Å². The molecule has 0 saturated heterocycles. The fourth-order valence-corrected chi connectivity index (χ4v) is 2.96. The number of nitrogens with zero attached hydrogens (tertiary/aromatic N) is 2. The number of unbranched alkanes of at least 4 members (excludes halogenated alkanes) is 1. The van der Waals surface area contributed by atoms with Crippen molar-refractivity contribution in [3.8, 4) is 5.75 Å². The fraction of sp³-hybridized carbons (Fsp3) is 0.533. The molecule has 3 nitrogen and oxygen atoms in total. The zero-order valence-corrected chi connectivity index (χ0v) is 13.8. The third kappa shape index (κ3) is 3.41. The van der Waals surface area contributed by atoms with Gasteiger partial charge >= 0.3 is 0 Å². The first-order chi connectivity index (χ1) is 9.67. The van der Waals surface area contributed by atoms with Gasteiger partial charge in [0.05, 0.1) is 23.5 Å². The number of aromatic nitrogens is 2. The number of thioether (sulfide) groups is 1. The molecular formula is C15H21ClN2OS. The first-order valence-corrected chi connectivity index (χ1v) is 8.67. The highest BCUT2D eigenvalue weighted by molar-refractivity contribution is 7.98. The Hall–Kier alpha value is -0.870. The van der Waals surface area contributed by atoms with E-state index >= 15 is 0 Å². The standard InChI is InChI=1S/C15H21ClN2OS/c1-11(16)15-17-13-7-6-12(19-2)10-14(13)18(15)8-4-5-9-20-3/h6-7,10-11H,4-5,8-9H2,1-3H3. The molecule has 0 spiro atoms. The Kier molecular flexibility index (Phi) is 5.61. The van der Waals surface area contributed by atoms with Gasteiger partial charge in [-0.2, -0.15) is 11.8 Å². The van der Waals surface area contributed by atoms with Gasteiger partial charge in [-0.15, -0.1) is 11.6 Å². The summed E-state index contributed by atoms with van der Waals surface area (Å²) >= 11 is 8.16. The van der Waals surface area contributed by atoms with Gasteiger partial charge < -0.3 is 9.30 Å². The Bertz CT molecular complexity index is 568. The van der Waals surface area contributed by atoms with Gasteiger partial charge in [0, 0.05) is 12.6 Å². The lowest BCUT2D eigenvalue weighted by Gasteiger charge is -2.10. The Labute approximate surface area is 129 Å². The van der Waals surface area contributed by atoms with Crippen molar-refractivity contribution in [3.63, 3.8) is 0 Å². The van der Waals surface area contributed by atoms with Crippen molar-refractivity contribution in [1.29, 1.82) is 0 Å². The minimum Gasteiger partial charge on any atom is -0.497 e. The van der Waals surface area contributed by atoms with Crippen LogP contribution < -0.4 is 4.74 Å². The lowest BCUT2D eigenvalue weighted by Crippen LogP contribution is -2.05. The van der Waals surface area contributed by atoms with E-state index < -0.39 is 0 Å². The summed E-state index contributed by atoms with van der Waals surface area (Å²) in [6.07, 6.45) is 4.49. The van der Waals surface area contributed by atoms with E-state index in [9.17, 15) is 0 Å². The maximum absolute atomic E-state index is 6.27. The number of alkyl halides is 1. The number of benzene rings is 1. The third-order valence-electron chi connectivity index (χ3n) is 3.32. The summed E-state index contributed by atoms with van der Waals surface area (Å²) in [5.74, 6) is 3.00. The molecule has 5 heteroatoms. The summed E-state index contributed by atoms with van der Waals surface area (Å²) in [4.78, 5) is 4.66. The van der Waals surface area contributed by atoms with E-state index in [0.717, 1.165) is 35.6 Å². The largest absolute Gasteiger partial charge is 0.497 e. The van der Waals surface area contributed by atoms with Gasteiger partial charge in [-0.3, -0.25) is 0 Å². The quantitative estimate of drug-likeness (QED) is 0.557. The van der Waals surface area contributed by atoms with Gasteiger partial charge in [0.15, 0.2) is 0 Å². The van der Waals surface area contributed by atoms with Crippen LogP contribution in [-0.4, -0.2) is 28.7 Å². The van der Waals surface area contributed by atoms with E-state index in [4.69, 9.17) is 16.3 Å². The first kappa shape index (κ1) is 15.5. The first-order valence-electron chi connectivity index (χ1n) is 6.84. The molecule has 0 radical (unpaired) electrons. The number of rotatable bonds is 7. The van der Waals surface area contributed by atoms with E-state index in [1.165, 1.54) is 12.2 Å². The van der Waals surface area contributed by atoms with Crippen LogP contribution >= 0.6 is 23.4 Å². The number of hydrogen-bond donors (Lipinski definition) is 0. The second-order valence-electron chi connectivity index (χ2n) is 4.79. The average Bonchev–Trinajstić information content (AvgIpc) is 2.81. The predicted molar refractivity (Wildman–Crippen MR) is 88.2 cm³/mol. The van der Waals surface area contributed by atoms with Crippen LogP contribution in [0.25, 0.3) is 11.0 Å². The van der Waals surface area contributed by atoms with Crippen molar-refractivity contribution in [2.75, 3.05) is 19.1 Å². The van der Waals surface area contributed by atoms with Crippen molar-refractivity contribution >= 4 is 34.4 Å². The van der Waals surface area contributed by atoms with E-state index in [0.29, 0.717) is 0 Å². The molecule has 0 saturated carbocycles. The summed E-state index contributed by atoms with van der Waals surface area (Å²) in [5.41, 5.74) is 2.09. The maximum atomic E-state index is 6.27. The Morgan fingerprint density at radius 2 is 2.20 bits per heavy atom. The summed E-state index contributed by atoms with van der Waals surface area (Å²) in [7, 11) is 1.69. The second kappa shape index (κ2) is 7.23. The van der Waals surface area contributed by atoms with Crippen molar-refractivity contribution < 1.29 is 4.74 Å². The predicted octanol–water partition coefficient (Wildman–Crippen LogP) is 4.49. The molecule has 0 aliphatic carbocycles. The van der Waals surface area contributed by atoms with E-state index in [2.05, 4.69) is 15.8 Å². The number of hydrogen-bond acceptors (Lipinski definition) is 3. The molecule has 1 unspecified atom stereocenters. The molecule has 0 aliphatic heterocycles. The lowest BCUT2D eigenvalue weighted by atomic mass is 10.2. The summed E-state index contributed by atoms with van der Waals surface area (Å²) in [6.45, 7) is 2.93. The van der Waals surface area contributed by atoms with Crippen LogP contribution in [0.1, 0.15) is 31.0 Å². The summed E-state index contributed by atoms with van der Waals surface area (Å²) in [6, 6.07) is 5.98. The van der Waals surface area contributed by atoms with Crippen LogP contribution in [0.4, 0.5) is 0 Å². The van der Waals surface area contributed by atoms with Gasteiger partial charge in [0.25, 0.3) is 0 Å². The van der Waals surface area contributed by atoms with Crippen molar-refractivity contribution in [2.24, 2.45) is 0 Å². The molecule has 1 aromatic heterocycles. The molecule has 1 atom stereocenters. The van der Waals surface area contributed by atoms with Crippen LogP contribution in [-0.2, 0) is 6.54 Å². The van der Waals surface area contributed by atoms with Crippen molar-refractivity contribution in [1.82, 2.24) is 9.55 Å². The monoisotopic (exact) mass is 312 g/mol. The topological polar surface area (TPSA) is 27.1 Å². The molecular weight excluding hydrogens is 292 g/mol. The zero-order chi connectivity index (χ0) is 14.5. The zero-order valence-electron chi connectivity index (χ0n) is 12.2. The van der Waals surface area contributed by atoms with Gasteiger partial charge in [0.1, 0.15) is 11.6 Å². The summed E-state index contributed by atoms with van der Waals surface area (Å²) in [5, 5.41) is -0.0889. The average molecular weight is 313 g/mol. The van der Waals surface area contributed by atoms with Gasteiger partial charge in [0.2, 0.25) is 0 Å². The molecule has 1 aromatic carbocycles.